The van der Waals surface area contributed by atoms with Gasteiger partial charge in [0.05, 0.1) is 0 Å². The van der Waals surface area contributed by atoms with Crippen LogP contribution < -0.4 is 11.3 Å². The number of nitrogens with one attached hydrogen (secondary N) is 1. The van der Waals surface area contributed by atoms with Crippen molar-refractivity contribution in [3.63, 3.8) is 0 Å². The van der Waals surface area contributed by atoms with E-state index < -0.39 is 9.84 Å². The van der Waals surface area contributed by atoms with Crippen molar-refractivity contribution >= 4 is 21.4 Å². The fourth-order valence-electron chi connectivity index (χ4n) is 1.23. The predicted molar refractivity (Wildman–Crippen MR) is 60.0 cm³/mol. The van der Waals surface area contributed by atoms with Crippen molar-refractivity contribution in [3.8, 4) is 0 Å². The molecule has 0 rings (SSSR count). The van der Waals surface area contributed by atoms with Gasteiger partial charge in [0, 0.05) is 23.9 Å². The first kappa shape index (κ1) is 14.2. The van der Waals surface area contributed by atoms with E-state index in [1.54, 1.807) is 0 Å². The van der Waals surface area contributed by atoms with Gasteiger partial charge >= 0.3 is 0 Å². The molecule has 86 valence electrons. The molecule has 0 heterocycles. The van der Waals surface area contributed by atoms with E-state index in [-0.39, 0.29) is 11.8 Å². The molecule has 0 saturated heterocycles. The molecular formula is C8H19ClN2O2S. The van der Waals surface area contributed by atoms with E-state index in [1.807, 2.05) is 0 Å². The van der Waals surface area contributed by atoms with Gasteiger partial charge in [-0.15, -0.1) is 11.6 Å². The third-order valence-corrected chi connectivity index (χ3v) is 3.29. The minimum atomic E-state index is -2.84. The zero-order chi connectivity index (χ0) is 11.0. The second kappa shape index (κ2) is 7.45. The molecule has 0 radical (unpaired) electrons. The lowest BCUT2D eigenvalue weighted by Gasteiger charge is -2.14. The summed E-state index contributed by atoms with van der Waals surface area (Å²) in [5.41, 5.74) is 2.67. The van der Waals surface area contributed by atoms with Crippen molar-refractivity contribution in [1.29, 1.82) is 0 Å². The second-order valence-corrected chi connectivity index (χ2v) is 6.10. The van der Waals surface area contributed by atoms with Gasteiger partial charge in [-0.1, -0.05) is 0 Å². The number of hydrogen-bond acceptors (Lipinski definition) is 4. The molecule has 0 bridgehead atoms. The Hall–Kier alpha value is 0.160. The molecule has 0 aliphatic heterocycles. The first-order valence-electron chi connectivity index (χ1n) is 4.69. The van der Waals surface area contributed by atoms with Crippen LogP contribution >= 0.6 is 11.6 Å². The summed E-state index contributed by atoms with van der Waals surface area (Å²) in [5, 5.41) is 0. The molecule has 1 unspecified atom stereocenters. The number of rotatable bonds is 8. The van der Waals surface area contributed by atoms with Gasteiger partial charge in [0.2, 0.25) is 0 Å². The number of hydrazine groups is 1. The maximum atomic E-state index is 10.8. The lowest BCUT2D eigenvalue weighted by atomic mass is 10.1. The van der Waals surface area contributed by atoms with Gasteiger partial charge < -0.3 is 0 Å². The van der Waals surface area contributed by atoms with Crippen molar-refractivity contribution in [1.82, 2.24) is 5.43 Å². The molecule has 3 N–H and O–H groups in total. The maximum absolute atomic E-state index is 10.8. The highest BCUT2D eigenvalue weighted by Crippen LogP contribution is 2.06. The molecule has 6 heteroatoms. The van der Waals surface area contributed by atoms with Crippen molar-refractivity contribution in [2.75, 3.05) is 17.9 Å². The molecule has 0 fully saturated rings. The minimum absolute atomic E-state index is 0.176. The first-order chi connectivity index (χ1) is 6.49. The summed E-state index contributed by atoms with van der Waals surface area (Å²) in [7, 11) is -2.84. The molecule has 14 heavy (non-hydrogen) atoms. The van der Waals surface area contributed by atoms with Crippen LogP contribution in [0.25, 0.3) is 0 Å². The van der Waals surface area contributed by atoms with Gasteiger partial charge in [0.1, 0.15) is 9.84 Å². The van der Waals surface area contributed by atoms with E-state index in [0.29, 0.717) is 12.3 Å². The summed E-state index contributed by atoms with van der Waals surface area (Å²) in [5.74, 6) is 6.16. The van der Waals surface area contributed by atoms with Crippen LogP contribution in [0.3, 0.4) is 0 Å². The van der Waals surface area contributed by atoms with Gasteiger partial charge in [0.25, 0.3) is 0 Å². The van der Waals surface area contributed by atoms with Gasteiger partial charge in [0.15, 0.2) is 0 Å². The summed E-state index contributed by atoms with van der Waals surface area (Å²) in [4.78, 5) is 0. The second-order valence-electron chi connectivity index (χ2n) is 3.47. The molecule has 0 spiro atoms. The average molecular weight is 243 g/mol. The molecule has 4 nitrogen and oxygen atoms in total. The van der Waals surface area contributed by atoms with Crippen LogP contribution in [0.4, 0.5) is 0 Å². The normalized spacial score (nSPS) is 14.2. The van der Waals surface area contributed by atoms with E-state index in [4.69, 9.17) is 17.4 Å². The Labute approximate surface area is 91.1 Å². The molecule has 0 aliphatic rings. The van der Waals surface area contributed by atoms with Gasteiger partial charge in [-0.2, -0.15) is 0 Å². The number of nitrogens with two attached hydrogens (primary N) is 1. The fourth-order valence-corrected chi connectivity index (χ4v) is 2.07. The molecule has 0 aromatic heterocycles. The standard InChI is InChI=1S/C8H19ClN2O2S/c1-14(12,13)7-3-5-8(11-10)4-2-6-9/h8,11H,2-7,10H2,1H3. The SMILES string of the molecule is CS(=O)(=O)CCCC(CCCCl)NN. The average Bonchev–Trinajstić information content (AvgIpc) is 2.09. The highest BCUT2D eigenvalue weighted by atomic mass is 35.5. The number of hydrogen-bond donors (Lipinski definition) is 2. The Balaban J connectivity index is 3.62. The van der Waals surface area contributed by atoms with E-state index in [1.165, 1.54) is 6.26 Å². The summed E-state index contributed by atoms with van der Waals surface area (Å²) < 4.78 is 21.7. The maximum Gasteiger partial charge on any atom is 0.147 e. The molecule has 0 amide bonds. The Morgan fingerprint density at radius 2 is 1.93 bits per heavy atom. The van der Waals surface area contributed by atoms with E-state index in [9.17, 15) is 8.42 Å². The number of alkyl halides is 1. The number of sulfone groups is 1. The fraction of sp³-hybridized carbons (Fsp3) is 1.00. The summed E-state index contributed by atoms with van der Waals surface area (Å²) >= 11 is 5.54. The van der Waals surface area contributed by atoms with Crippen LogP contribution in [0.15, 0.2) is 0 Å². The zero-order valence-corrected chi connectivity index (χ0v) is 10.1. The largest absolute Gasteiger partial charge is 0.271 e. The molecule has 0 aromatic rings. The highest BCUT2D eigenvalue weighted by Gasteiger charge is 2.08. The van der Waals surface area contributed by atoms with Crippen LogP contribution in [-0.2, 0) is 9.84 Å². The Bertz CT molecular complexity index is 231. The zero-order valence-electron chi connectivity index (χ0n) is 8.50. The summed E-state index contributed by atoms with van der Waals surface area (Å²) in [6.45, 7) is 0. The lowest BCUT2D eigenvalue weighted by Crippen LogP contribution is -2.35. The monoisotopic (exact) mass is 242 g/mol. The summed E-state index contributed by atoms with van der Waals surface area (Å²) in [6.07, 6.45) is 4.46. The lowest BCUT2D eigenvalue weighted by molar-refractivity contribution is 0.455. The molecular weight excluding hydrogens is 224 g/mol. The highest BCUT2D eigenvalue weighted by molar-refractivity contribution is 7.90. The smallest absolute Gasteiger partial charge is 0.147 e. The van der Waals surface area contributed by atoms with Crippen LogP contribution in [0.1, 0.15) is 25.7 Å². The van der Waals surface area contributed by atoms with E-state index >= 15 is 0 Å². The van der Waals surface area contributed by atoms with Crippen molar-refractivity contribution in [2.45, 2.75) is 31.7 Å². The third kappa shape index (κ3) is 8.74. The minimum Gasteiger partial charge on any atom is -0.271 e. The quantitative estimate of drug-likeness (QED) is 0.373. The topological polar surface area (TPSA) is 72.2 Å². The van der Waals surface area contributed by atoms with Gasteiger partial charge in [-0.05, 0) is 25.7 Å². The Kier molecular flexibility index (Phi) is 7.54. The number of halogens is 1. The van der Waals surface area contributed by atoms with Crippen LogP contribution in [0.2, 0.25) is 0 Å². The van der Waals surface area contributed by atoms with Crippen LogP contribution in [0.5, 0.6) is 0 Å². The van der Waals surface area contributed by atoms with Gasteiger partial charge in [-0.25, -0.2) is 8.42 Å². The molecule has 1 atom stereocenters. The molecule has 0 aromatic carbocycles. The molecule has 0 aliphatic carbocycles. The summed E-state index contributed by atoms with van der Waals surface area (Å²) in [6, 6.07) is 0.176. The third-order valence-electron chi connectivity index (χ3n) is 1.99. The van der Waals surface area contributed by atoms with Gasteiger partial charge in [-0.3, -0.25) is 11.3 Å². The Morgan fingerprint density at radius 3 is 2.36 bits per heavy atom. The Morgan fingerprint density at radius 1 is 1.36 bits per heavy atom. The van der Waals surface area contributed by atoms with Crippen molar-refractivity contribution in [2.24, 2.45) is 5.84 Å². The van der Waals surface area contributed by atoms with Crippen molar-refractivity contribution in [3.05, 3.63) is 0 Å². The van der Waals surface area contributed by atoms with E-state index in [2.05, 4.69) is 5.43 Å². The van der Waals surface area contributed by atoms with E-state index in [0.717, 1.165) is 19.3 Å². The van der Waals surface area contributed by atoms with Crippen molar-refractivity contribution < 1.29 is 8.42 Å². The first-order valence-corrected chi connectivity index (χ1v) is 7.29. The van der Waals surface area contributed by atoms with Crippen LogP contribution in [0, 0.1) is 0 Å². The van der Waals surface area contributed by atoms with Crippen LogP contribution in [-0.4, -0.2) is 32.3 Å². The predicted octanol–water partition coefficient (Wildman–Crippen LogP) is 0.662. The molecule has 0 saturated carbocycles.